The molecule has 9 rings (SSSR count). The van der Waals surface area contributed by atoms with Crippen molar-refractivity contribution in [2.24, 2.45) is 0 Å². The van der Waals surface area contributed by atoms with Crippen LogP contribution in [-0.4, -0.2) is 0 Å². The molecular weight excluding hydrogens is 753 g/mol. The molecule has 0 atom stereocenters. The van der Waals surface area contributed by atoms with Crippen LogP contribution in [0.25, 0.3) is 0 Å². The Labute approximate surface area is 366 Å². The maximum absolute atomic E-state index is 2.32. The van der Waals surface area contributed by atoms with E-state index in [1.807, 2.05) is 0 Å². The monoisotopic (exact) mass is 802 g/mol. The van der Waals surface area contributed by atoms with Gasteiger partial charge in [0.1, 0.15) is 0 Å². The average Bonchev–Trinajstić information content (AvgIpc) is 3.31. The van der Waals surface area contributed by atoms with Crippen LogP contribution in [0.15, 0.2) is 231 Å². The highest BCUT2D eigenvalue weighted by Gasteiger charge is 2.19. The molecule has 0 bridgehead atoms. The van der Waals surface area contributed by atoms with Gasteiger partial charge in [-0.2, -0.15) is 0 Å². The van der Waals surface area contributed by atoms with E-state index < -0.39 is 0 Å². The minimum absolute atomic E-state index is 1.07. The fourth-order valence-electron chi connectivity index (χ4n) is 7.97. The molecule has 0 fully saturated rings. The molecule has 0 unspecified atom stereocenters. The fourth-order valence-corrected chi connectivity index (χ4v) is 7.97. The van der Waals surface area contributed by atoms with E-state index in [1.54, 1.807) is 0 Å². The van der Waals surface area contributed by atoms with Crippen LogP contribution in [-0.2, 0) is 0 Å². The number of rotatable bonds is 12. The summed E-state index contributed by atoms with van der Waals surface area (Å²) in [5.74, 6) is 0. The van der Waals surface area contributed by atoms with Crippen LogP contribution in [0.2, 0.25) is 0 Å². The van der Waals surface area contributed by atoms with Gasteiger partial charge in [-0.1, -0.05) is 107 Å². The van der Waals surface area contributed by atoms with Crippen molar-refractivity contribution in [3.8, 4) is 0 Å². The Balaban J connectivity index is 1.06. The summed E-state index contributed by atoms with van der Waals surface area (Å²) in [5, 5.41) is 0. The van der Waals surface area contributed by atoms with Crippen molar-refractivity contribution in [2.75, 3.05) is 19.6 Å². The maximum Gasteiger partial charge on any atom is 0.0463 e. The van der Waals surface area contributed by atoms with Crippen LogP contribution in [0.4, 0.5) is 68.2 Å². The summed E-state index contributed by atoms with van der Waals surface area (Å²) in [5.41, 5.74) is 18.1. The third-order valence-electron chi connectivity index (χ3n) is 11.3. The average molecular weight is 803 g/mol. The van der Waals surface area contributed by atoms with Crippen LogP contribution in [0.1, 0.15) is 22.3 Å². The highest BCUT2D eigenvalue weighted by Crippen LogP contribution is 2.42. The van der Waals surface area contributed by atoms with Gasteiger partial charge >= 0.3 is 0 Å². The van der Waals surface area contributed by atoms with E-state index in [1.165, 1.54) is 22.3 Å². The van der Waals surface area contributed by atoms with Gasteiger partial charge in [0, 0.05) is 68.2 Å². The van der Waals surface area contributed by atoms with Crippen LogP contribution in [0, 0.1) is 27.7 Å². The van der Waals surface area contributed by atoms with Crippen LogP contribution >= 0.6 is 0 Å². The number of hydrogen-bond donors (Lipinski definition) is 0. The van der Waals surface area contributed by atoms with Gasteiger partial charge in [-0.3, -0.25) is 0 Å². The molecule has 0 amide bonds. The first-order valence-electron chi connectivity index (χ1n) is 21.3. The van der Waals surface area contributed by atoms with Crippen molar-refractivity contribution < 1.29 is 0 Å². The fraction of sp³-hybridized carbons (Fsp3) is 0.0690. The molecule has 0 saturated heterocycles. The highest BCUT2D eigenvalue weighted by molar-refractivity contribution is 5.84. The summed E-state index contributed by atoms with van der Waals surface area (Å²) in [6.45, 7) is 8.51. The van der Waals surface area contributed by atoms with Crippen molar-refractivity contribution in [1.29, 1.82) is 0 Å². The van der Waals surface area contributed by atoms with Gasteiger partial charge in [-0.15, -0.1) is 0 Å². The summed E-state index contributed by atoms with van der Waals surface area (Å²) in [7, 11) is 0. The standard InChI is InChI=1S/C58H50N4/c1-43-15-23-49(24-16-43)61(50-25-17-44(2)18-26-50)57-39-35-55(36-40-57)59(47-11-7-5-8-12-47)53-31-33-54(34-32-53)60(48-13-9-6-10-14-48)56-37-41-58(42-38-56)62(51-27-19-45(3)20-28-51)52-29-21-46(4)22-30-52/h5-42H,1-4H3. The molecule has 0 aliphatic carbocycles. The number of aryl methyl sites for hydroxylation is 4. The Bertz CT molecular complexity index is 2530. The molecular formula is C58H50N4. The van der Waals surface area contributed by atoms with Gasteiger partial charge in [0.05, 0.1) is 0 Å². The lowest BCUT2D eigenvalue weighted by Crippen LogP contribution is -2.13. The van der Waals surface area contributed by atoms with E-state index >= 15 is 0 Å². The minimum Gasteiger partial charge on any atom is -0.311 e. The number of nitrogens with zero attached hydrogens (tertiary/aromatic N) is 4. The van der Waals surface area contributed by atoms with Gasteiger partial charge < -0.3 is 19.6 Å². The molecule has 0 radical (unpaired) electrons. The molecule has 0 aliphatic heterocycles. The van der Waals surface area contributed by atoms with Crippen molar-refractivity contribution in [3.63, 3.8) is 0 Å². The Morgan fingerprint density at radius 1 is 0.161 bits per heavy atom. The van der Waals surface area contributed by atoms with E-state index in [0.717, 1.165) is 68.2 Å². The number of hydrogen-bond acceptors (Lipinski definition) is 4. The molecule has 0 aromatic heterocycles. The van der Waals surface area contributed by atoms with Gasteiger partial charge in [-0.05, 0) is 173 Å². The lowest BCUT2D eigenvalue weighted by Gasteiger charge is -2.30. The summed E-state index contributed by atoms with van der Waals surface area (Å²) in [4.78, 5) is 9.28. The van der Waals surface area contributed by atoms with Gasteiger partial charge in [0.2, 0.25) is 0 Å². The van der Waals surface area contributed by atoms with Gasteiger partial charge in [-0.25, -0.2) is 0 Å². The first-order chi connectivity index (χ1) is 30.4. The van der Waals surface area contributed by atoms with Crippen molar-refractivity contribution >= 4 is 68.2 Å². The van der Waals surface area contributed by atoms with Crippen LogP contribution < -0.4 is 19.6 Å². The smallest absolute Gasteiger partial charge is 0.0463 e. The topological polar surface area (TPSA) is 13.0 Å². The first kappa shape index (κ1) is 39.6. The molecule has 9 aromatic carbocycles. The second kappa shape index (κ2) is 17.8. The molecule has 0 aliphatic rings. The Kier molecular flexibility index (Phi) is 11.4. The van der Waals surface area contributed by atoms with Crippen molar-refractivity contribution in [1.82, 2.24) is 0 Å². The third-order valence-corrected chi connectivity index (χ3v) is 11.3. The van der Waals surface area contributed by atoms with Gasteiger partial charge in [0.25, 0.3) is 0 Å². The minimum atomic E-state index is 1.07. The highest BCUT2D eigenvalue weighted by atomic mass is 15.2. The molecule has 9 aromatic rings. The van der Waals surface area contributed by atoms with Crippen LogP contribution in [0.5, 0.6) is 0 Å². The SMILES string of the molecule is Cc1ccc(N(c2ccc(C)cc2)c2ccc(N(c3ccccc3)c3ccc(N(c4ccccc4)c4ccc(N(c5ccc(C)cc5)c5ccc(C)cc5)cc4)cc3)cc2)cc1. The van der Waals surface area contributed by atoms with E-state index in [0.29, 0.717) is 0 Å². The molecule has 0 saturated carbocycles. The zero-order valence-corrected chi connectivity index (χ0v) is 35.7. The van der Waals surface area contributed by atoms with Gasteiger partial charge in [0.15, 0.2) is 0 Å². The van der Waals surface area contributed by atoms with Crippen molar-refractivity contribution in [2.45, 2.75) is 27.7 Å². The molecule has 4 nitrogen and oxygen atoms in total. The second-order valence-corrected chi connectivity index (χ2v) is 15.9. The van der Waals surface area contributed by atoms with E-state index in [9.17, 15) is 0 Å². The van der Waals surface area contributed by atoms with Crippen molar-refractivity contribution in [3.05, 3.63) is 253 Å². The quantitative estimate of drug-likeness (QED) is 0.122. The summed E-state index contributed by atoms with van der Waals surface area (Å²) in [6.07, 6.45) is 0. The Hall–Kier alpha value is -7.82. The number of anilines is 12. The van der Waals surface area contributed by atoms with E-state index in [-0.39, 0.29) is 0 Å². The molecule has 0 spiro atoms. The predicted molar refractivity (Wildman–Crippen MR) is 264 cm³/mol. The lowest BCUT2D eigenvalue weighted by atomic mass is 10.1. The number of benzene rings is 9. The largest absolute Gasteiger partial charge is 0.311 e. The Morgan fingerprint density at radius 3 is 0.452 bits per heavy atom. The van der Waals surface area contributed by atoms with Crippen LogP contribution in [0.3, 0.4) is 0 Å². The Morgan fingerprint density at radius 2 is 0.290 bits per heavy atom. The lowest BCUT2D eigenvalue weighted by molar-refractivity contribution is 1.24. The zero-order chi connectivity index (χ0) is 42.4. The second-order valence-electron chi connectivity index (χ2n) is 15.9. The third kappa shape index (κ3) is 8.58. The normalized spacial score (nSPS) is 10.9. The summed E-state index contributed by atoms with van der Waals surface area (Å²) >= 11 is 0. The molecule has 0 N–H and O–H groups in total. The van der Waals surface area contributed by atoms with E-state index in [2.05, 4.69) is 278 Å². The molecule has 302 valence electrons. The first-order valence-corrected chi connectivity index (χ1v) is 21.3. The van der Waals surface area contributed by atoms with E-state index in [4.69, 9.17) is 0 Å². The summed E-state index contributed by atoms with van der Waals surface area (Å²) < 4.78 is 0. The number of para-hydroxylation sites is 2. The zero-order valence-electron chi connectivity index (χ0n) is 35.7. The molecule has 62 heavy (non-hydrogen) atoms. The summed E-state index contributed by atoms with van der Waals surface area (Å²) in [6, 6.07) is 82.8. The molecule has 4 heteroatoms. The molecule has 0 heterocycles. The maximum atomic E-state index is 2.32. The predicted octanol–water partition coefficient (Wildman–Crippen LogP) is 16.8.